The summed E-state index contributed by atoms with van der Waals surface area (Å²) in [7, 11) is 0. The van der Waals surface area contributed by atoms with Gasteiger partial charge in [-0.1, -0.05) is 61.2 Å². The van der Waals surface area contributed by atoms with Gasteiger partial charge in [0.25, 0.3) is 0 Å². The normalized spacial score (nSPS) is 15.2. The van der Waals surface area contributed by atoms with Crippen LogP contribution in [-0.2, 0) is 4.79 Å². The van der Waals surface area contributed by atoms with Gasteiger partial charge in [-0.25, -0.2) is 19.9 Å². The Bertz CT molecular complexity index is 2410. The van der Waals surface area contributed by atoms with Crippen molar-refractivity contribution in [1.82, 2.24) is 25.3 Å². The maximum Gasteiger partial charge on any atom is 0.471 e. The number of piperidine rings is 2. The molecule has 0 saturated carbocycles. The Hall–Kier alpha value is -6.21. The number of anilines is 2. The van der Waals surface area contributed by atoms with Crippen LogP contribution in [-0.4, -0.2) is 77.6 Å². The minimum atomic E-state index is -4.85. The van der Waals surface area contributed by atoms with E-state index in [1.807, 2.05) is 65.0 Å². The van der Waals surface area contributed by atoms with Crippen LogP contribution in [0.4, 0.5) is 25.1 Å². The van der Waals surface area contributed by atoms with E-state index in [4.69, 9.17) is 10.7 Å². The highest BCUT2D eigenvalue weighted by Gasteiger charge is 2.38. The first kappa shape index (κ1) is 40.0. The topological polar surface area (TPSA) is 130 Å². The molecule has 298 valence electrons. The number of aromatic nitrogens is 4. The number of aldehydes is 1. The average Bonchev–Trinajstić information content (AvgIpc) is 3.27. The molecule has 4 aromatic carbocycles. The van der Waals surface area contributed by atoms with Crippen molar-refractivity contribution in [2.24, 2.45) is 17.6 Å². The van der Waals surface area contributed by atoms with E-state index in [9.17, 15) is 22.8 Å². The van der Waals surface area contributed by atoms with E-state index >= 15 is 0 Å². The molecule has 8 rings (SSSR count). The van der Waals surface area contributed by atoms with E-state index in [0.29, 0.717) is 43.4 Å². The lowest BCUT2D eigenvalue weighted by molar-refractivity contribution is -0.173. The fraction of sp³-hybridized carbons (Fsp3) is 0.289. The molecule has 0 bridgehead atoms. The standard InChI is InChI=1S/C23H21F3N4O2.C22H24N4/c24-23(25,26)21(32)28-13-15-6-9-30(10-7-15)22-27-8-5-20(29-22)19-4-3-17-11-16(14-31)1-2-18(17)12-19;1-2-16-3-4-19-14-20(6-5-18(19)13-16)21-7-10-24-22(25-21)26-11-8-17(15-23)9-12-26/h1-5,8,11-12,14-15H,6-7,9-10,13H2,(H,28,32);2-7,10,13-14,17H,1,8-9,11-12,15,23H2. The minimum absolute atomic E-state index is 0.00991. The fourth-order valence-electron chi connectivity index (χ4n) is 7.41. The molecule has 3 N–H and O–H groups in total. The Morgan fingerprint density at radius 1 is 0.707 bits per heavy atom. The number of amides is 1. The Labute approximate surface area is 335 Å². The van der Waals surface area contributed by atoms with Crippen LogP contribution in [0.1, 0.15) is 41.6 Å². The van der Waals surface area contributed by atoms with Gasteiger partial charge in [-0.2, -0.15) is 13.2 Å². The number of rotatable bonds is 9. The fourth-order valence-corrected chi connectivity index (χ4v) is 7.41. The summed E-state index contributed by atoms with van der Waals surface area (Å²) in [4.78, 5) is 44.6. The van der Waals surface area contributed by atoms with Crippen LogP contribution in [0.25, 0.3) is 50.1 Å². The smallest absolute Gasteiger partial charge is 0.348 e. The quantitative estimate of drug-likeness (QED) is 0.140. The number of nitrogens with one attached hydrogen (secondary N) is 1. The van der Waals surface area contributed by atoms with E-state index in [0.717, 1.165) is 83.6 Å². The first-order chi connectivity index (χ1) is 28.1. The highest BCUT2D eigenvalue weighted by Crippen LogP contribution is 2.29. The lowest BCUT2D eigenvalue weighted by atomic mass is 9.97. The number of carbonyl (C=O) groups is 2. The number of halogens is 3. The average molecular weight is 787 g/mol. The third-order valence-electron chi connectivity index (χ3n) is 10.9. The number of carbonyl (C=O) groups excluding carboxylic acids is 2. The molecule has 58 heavy (non-hydrogen) atoms. The van der Waals surface area contributed by atoms with Gasteiger partial charge in [-0.05, 0) is 108 Å². The molecule has 6 aromatic rings. The van der Waals surface area contributed by atoms with Crippen LogP contribution in [0.15, 0.2) is 104 Å². The molecule has 0 aliphatic carbocycles. The Balaban J connectivity index is 0.000000180. The monoisotopic (exact) mass is 786 g/mol. The maximum atomic E-state index is 12.3. The number of nitrogens with two attached hydrogens (primary N) is 1. The van der Waals surface area contributed by atoms with Gasteiger partial charge in [-0.3, -0.25) is 9.59 Å². The van der Waals surface area contributed by atoms with Gasteiger partial charge in [-0.15, -0.1) is 0 Å². The van der Waals surface area contributed by atoms with Crippen molar-refractivity contribution in [2.45, 2.75) is 31.9 Å². The summed E-state index contributed by atoms with van der Waals surface area (Å²) in [5.41, 5.74) is 11.3. The molecular formula is C45H45F3N8O2. The van der Waals surface area contributed by atoms with Crippen molar-refractivity contribution < 1.29 is 22.8 Å². The number of fused-ring (bicyclic) bond motifs is 2. The van der Waals surface area contributed by atoms with Crippen LogP contribution in [0.3, 0.4) is 0 Å². The second-order valence-corrected chi connectivity index (χ2v) is 14.8. The summed E-state index contributed by atoms with van der Waals surface area (Å²) in [5.74, 6) is 0.110. The van der Waals surface area contributed by atoms with Crippen molar-refractivity contribution in [1.29, 1.82) is 0 Å². The van der Waals surface area contributed by atoms with Crippen molar-refractivity contribution in [3.05, 3.63) is 115 Å². The third-order valence-corrected chi connectivity index (χ3v) is 10.9. The Morgan fingerprint density at radius 2 is 1.17 bits per heavy atom. The van der Waals surface area contributed by atoms with Gasteiger partial charge in [0.15, 0.2) is 0 Å². The molecule has 1 amide bonds. The predicted molar refractivity (Wildman–Crippen MR) is 223 cm³/mol. The molecule has 0 atom stereocenters. The lowest BCUT2D eigenvalue weighted by Gasteiger charge is -2.32. The zero-order valence-electron chi connectivity index (χ0n) is 32.0. The summed E-state index contributed by atoms with van der Waals surface area (Å²) in [6.45, 7) is 7.78. The SMILES string of the molecule is C=Cc1ccc2cc(-c3ccnc(N4CCC(CN)CC4)n3)ccc2c1.O=Cc1ccc2cc(-c3ccnc(N4CCC(CNC(=O)C(F)(F)F)CC4)n3)ccc2c1. The summed E-state index contributed by atoms with van der Waals surface area (Å²) in [5, 5.41) is 6.34. The molecule has 4 heterocycles. The first-order valence-corrected chi connectivity index (χ1v) is 19.5. The van der Waals surface area contributed by atoms with E-state index in [1.165, 1.54) is 10.8 Å². The molecular weight excluding hydrogens is 742 g/mol. The summed E-state index contributed by atoms with van der Waals surface area (Å²) in [6.07, 6.45) is 4.90. The van der Waals surface area contributed by atoms with Crippen LogP contribution in [0, 0.1) is 11.8 Å². The maximum absolute atomic E-state index is 12.3. The molecule has 2 aromatic heterocycles. The van der Waals surface area contributed by atoms with Gasteiger partial charge < -0.3 is 20.9 Å². The largest absolute Gasteiger partial charge is 0.471 e. The number of hydrogen-bond donors (Lipinski definition) is 2. The second kappa shape index (κ2) is 17.9. The summed E-state index contributed by atoms with van der Waals surface area (Å²) < 4.78 is 37.0. The Kier molecular flexibility index (Phi) is 12.4. The number of benzene rings is 4. The number of alkyl halides is 3. The molecule has 0 unspecified atom stereocenters. The predicted octanol–water partition coefficient (Wildman–Crippen LogP) is 8.12. The van der Waals surface area contributed by atoms with Crippen LogP contribution >= 0.6 is 0 Å². The van der Waals surface area contributed by atoms with Gasteiger partial charge in [0.2, 0.25) is 11.9 Å². The lowest BCUT2D eigenvalue weighted by Crippen LogP contribution is -2.43. The molecule has 2 aliphatic heterocycles. The summed E-state index contributed by atoms with van der Waals surface area (Å²) >= 11 is 0. The second-order valence-electron chi connectivity index (χ2n) is 14.8. The van der Waals surface area contributed by atoms with E-state index in [2.05, 4.69) is 62.8 Å². The summed E-state index contributed by atoms with van der Waals surface area (Å²) in [6, 6.07) is 28.0. The number of hydrogen-bond acceptors (Lipinski definition) is 9. The first-order valence-electron chi connectivity index (χ1n) is 19.5. The molecule has 0 spiro atoms. The Morgan fingerprint density at radius 3 is 1.66 bits per heavy atom. The van der Waals surface area contributed by atoms with Crippen molar-refractivity contribution in [2.75, 3.05) is 49.1 Å². The van der Waals surface area contributed by atoms with E-state index < -0.39 is 12.1 Å². The van der Waals surface area contributed by atoms with Crippen molar-refractivity contribution in [3.8, 4) is 22.5 Å². The highest BCUT2D eigenvalue weighted by molar-refractivity contribution is 5.91. The van der Waals surface area contributed by atoms with Crippen LogP contribution < -0.4 is 20.9 Å². The zero-order valence-corrected chi connectivity index (χ0v) is 32.0. The molecule has 2 aliphatic rings. The van der Waals surface area contributed by atoms with Crippen LogP contribution in [0.2, 0.25) is 0 Å². The van der Waals surface area contributed by atoms with Gasteiger partial charge >= 0.3 is 12.1 Å². The van der Waals surface area contributed by atoms with Gasteiger partial charge in [0, 0.05) is 61.8 Å². The molecule has 2 saturated heterocycles. The van der Waals surface area contributed by atoms with Crippen molar-refractivity contribution in [3.63, 3.8) is 0 Å². The highest BCUT2D eigenvalue weighted by atomic mass is 19.4. The zero-order chi connectivity index (χ0) is 40.6. The van der Waals surface area contributed by atoms with Crippen LogP contribution in [0.5, 0.6) is 0 Å². The molecule has 13 heteroatoms. The van der Waals surface area contributed by atoms with E-state index in [1.54, 1.807) is 12.3 Å². The van der Waals surface area contributed by atoms with Crippen molar-refractivity contribution >= 4 is 51.7 Å². The molecule has 10 nitrogen and oxygen atoms in total. The van der Waals surface area contributed by atoms with Gasteiger partial charge in [0.1, 0.15) is 6.29 Å². The number of nitrogens with zero attached hydrogens (tertiary/aromatic N) is 6. The molecule has 0 radical (unpaired) electrons. The van der Waals surface area contributed by atoms with Gasteiger partial charge in [0.05, 0.1) is 11.4 Å². The third kappa shape index (κ3) is 9.66. The van der Waals surface area contributed by atoms with E-state index in [-0.39, 0.29) is 12.5 Å². The minimum Gasteiger partial charge on any atom is -0.348 e. The molecule has 2 fully saturated rings.